The number of hydrogen-bond donors (Lipinski definition) is 1. The van der Waals surface area contributed by atoms with Crippen LogP contribution in [0.25, 0.3) is 11.1 Å². The Morgan fingerprint density at radius 3 is 2.71 bits per heavy atom. The molecule has 2 rings (SSSR count). The van der Waals surface area contributed by atoms with Gasteiger partial charge in [-0.1, -0.05) is 30.7 Å². The van der Waals surface area contributed by atoms with Gasteiger partial charge in [0.1, 0.15) is 0 Å². The Hall–Kier alpha value is -1.61. The highest BCUT2D eigenvalue weighted by Gasteiger charge is 2.11. The van der Waals surface area contributed by atoms with E-state index in [1.165, 1.54) is 0 Å². The fourth-order valence-electron chi connectivity index (χ4n) is 1.93. The fourth-order valence-corrected chi connectivity index (χ4v) is 2.12. The lowest BCUT2D eigenvalue weighted by molar-refractivity contribution is 0.992. The molecule has 0 radical (unpaired) electrons. The Morgan fingerprint density at radius 1 is 1.29 bits per heavy atom. The average Bonchev–Trinajstić information content (AvgIpc) is 2.27. The van der Waals surface area contributed by atoms with Crippen molar-refractivity contribution in [2.45, 2.75) is 20.3 Å². The van der Waals surface area contributed by atoms with Crippen molar-refractivity contribution in [2.24, 2.45) is 0 Å². The van der Waals surface area contributed by atoms with Crippen molar-refractivity contribution in [1.29, 1.82) is 0 Å². The van der Waals surface area contributed by atoms with E-state index in [1.807, 2.05) is 31.2 Å². The third kappa shape index (κ3) is 2.39. The molecule has 1 aromatic heterocycles. The van der Waals surface area contributed by atoms with Gasteiger partial charge in [0.05, 0.1) is 11.4 Å². The predicted octanol–water partition coefficient (Wildman–Crippen LogP) is 3.25. The molecule has 0 aliphatic rings. The van der Waals surface area contributed by atoms with Crippen molar-refractivity contribution >= 4 is 17.5 Å². The summed E-state index contributed by atoms with van der Waals surface area (Å²) in [6.07, 6.45) is 0.815. The van der Waals surface area contributed by atoms with Crippen LogP contribution in [0.2, 0.25) is 5.02 Å². The molecule has 0 bridgehead atoms. The van der Waals surface area contributed by atoms with Gasteiger partial charge in [0.2, 0.25) is 5.95 Å². The zero-order valence-corrected chi connectivity index (χ0v) is 10.6. The third-order valence-corrected chi connectivity index (χ3v) is 2.87. The zero-order chi connectivity index (χ0) is 12.4. The van der Waals surface area contributed by atoms with Crippen LogP contribution in [-0.4, -0.2) is 9.97 Å². The largest absolute Gasteiger partial charge is 0.368 e. The van der Waals surface area contributed by atoms with Crippen LogP contribution < -0.4 is 5.73 Å². The van der Waals surface area contributed by atoms with Crippen LogP contribution in [0.15, 0.2) is 24.3 Å². The van der Waals surface area contributed by atoms with E-state index in [-0.39, 0.29) is 0 Å². The highest BCUT2D eigenvalue weighted by atomic mass is 35.5. The predicted molar refractivity (Wildman–Crippen MR) is 71.0 cm³/mol. The first-order valence-corrected chi connectivity index (χ1v) is 5.88. The number of halogens is 1. The van der Waals surface area contributed by atoms with E-state index in [2.05, 4.69) is 16.9 Å². The quantitative estimate of drug-likeness (QED) is 0.886. The topological polar surface area (TPSA) is 51.8 Å². The zero-order valence-electron chi connectivity index (χ0n) is 9.87. The molecule has 2 N–H and O–H groups in total. The summed E-state index contributed by atoms with van der Waals surface area (Å²) in [4.78, 5) is 8.49. The summed E-state index contributed by atoms with van der Waals surface area (Å²) in [7, 11) is 0. The van der Waals surface area contributed by atoms with Crippen LogP contribution in [0.1, 0.15) is 18.3 Å². The molecule has 88 valence electrons. The number of aryl methyl sites for hydroxylation is 2. The van der Waals surface area contributed by atoms with Crippen molar-refractivity contribution in [1.82, 2.24) is 9.97 Å². The molecule has 0 unspecified atom stereocenters. The van der Waals surface area contributed by atoms with Crippen LogP contribution in [-0.2, 0) is 6.42 Å². The molecule has 0 spiro atoms. The molecule has 1 aromatic carbocycles. The van der Waals surface area contributed by atoms with Crippen LogP contribution in [0, 0.1) is 6.92 Å². The molecule has 0 atom stereocenters. The second-order valence-electron chi connectivity index (χ2n) is 3.85. The molecule has 2 aromatic rings. The highest BCUT2D eigenvalue weighted by molar-refractivity contribution is 6.30. The number of nitrogens with zero attached hydrogens (tertiary/aromatic N) is 2. The van der Waals surface area contributed by atoms with Crippen molar-refractivity contribution < 1.29 is 0 Å². The Bertz CT molecular complexity index is 552. The van der Waals surface area contributed by atoms with Crippen LogP contribution in [0.5, 0.6) is 0 Å². The van der Waals surface area contributed by atoms with Gasteiger partial charge in [-0.15, -0.1) is 0 Å². The monoisotopic (exact) mass is 247 g/mol. The van der Waals surface area contributed by atoms with Crippen molar-refractivity contribution in [3.63, 3.8) is 0 Å². The van der Waals surface area contributed by atoms with Gasteiger partial charge in [-0.05, 0) is 31.0 Å². The molecule has 0 aliphatic carbocycles. The molecule has 0 aliphatic heterocycles. The average molecular weight is 248 g/mol. The van der Waals surface area contributed by atoms with Gasteiger partial charge in [0.25, 0.3) is 0 Å². The summed E-state index contributed by atoms with van der Waals surface area (Å²) in [5.41, 5.74) is 9.57. The summed E-state index contributed by atoms with van der Waals surface area (Å²) in [6, 6.07) is 7.70. The summed E-state index contributed by atoms with van der Waals surface area (Å²) < 4.78 is 0. The van der Waals surface area contributed by atoms with Crippen molar-refractivity contribution in [2.75, 3.05) is 5.73 Å². The molecular formula is C13H14ClN3. The van der Waals surface area contributed by atoms with Crippen LogP contribution in [0.4, 0.5) is 5.95 Å². The van der Waals surface area contributed by atoms with Crippen molar-refractivity contribution in [3.8, 4) is 11.1 Å². The second kappa shape index (κ2) is 4.72. The van der Waals surface area contributed by atoms with E-state index in [1.54, 1.807) is 0 Å². The highest BCUT2D eigenvalue weighted by Crippen LogP contribution is 2.28. The number of nitrogen functional groups attached to an aromatic ring is 1. The Morgan fingerprint density at radius 2 is 2.06 bits per heavy atom. The van der Waals surface area contributed by atoms with E-state index in [0.717, 1.165) is 28.9 Å². The van der Waals surface area contributed by atoms with E-state index < -0.39 is 0 Å². The first-order chi connectivity index (χ1) is 8.11. The maximum Gasteiger partial charge on any atom is 0.220 e. The van der Waals surface area contributed by atoms with Crippen LogP contribution >= 0.6 is 11.6 Å². The Balaban J connectivity index is 2.66. The van der Waals surface area contributed by atoms with Crippen molar-refractivity contribution in [3.05, 3.63) is 40.7 Å². The smallest absolute Gasteiger partial charge is 0.220 e. The van der Waals surface area contributed by atoms with Gasteiger partial charge in [-0.25, -0.2) is 9.97 Å². The standard InChI is InChI=1S/C13H14ClN3/c1-3-11-12(8(2)16-13(15)17-11)9-5-4-6-10(14)7-9/h4-7H,3H2,1-2H3,(H2,15,16,17). The van der Waals surface area contributed by atoms with Gasteiger partial charge in [-0.2, -0.15) is 0 Å². The number of aromatic nitrogens is 2. The minimum absolute atomic E-state index is 0.324. The summed E-state index contributed by atoms with van der Waals surface area (Å²) >= 11 is 6.01. The van der Waals surface area contributed by atoms with E-state index in [9.17, 15) is 0 Å². The molecular weight excluding hydrogens is 234 g/mol. The van der Waals surface area contributed by atoms with Gasteiger partial charge in [0.15, 0.2) is 0 Å². The SMILES string of the molecule is CCc1nc(N)nc(C)c1-c1cccc(Cl)c1. The lowest BCUT2D eigenvalue weighted by Crippen LogP contribution is -2.04. The number of anilines is 1. The Kier molecular flexibility index (Phi) is 3.29. The normalized spacial score (nSPS) is 10.5. The van der Waals surface area contributed by atoms with Gasteiger partial charge < -0.3 is 5.73 Å². The van der Waals surface area contributed by atoms with E-state index >= 15 is 0 Å². The lowest BCUT2D eigenvalue weighted by atomic mass is 10.0. The summed E-state index contributed by atoms with van der Waals surface area (Å²) in [6.45, 7) is 3.99. The maximum atomic E-state index is 6.01. The minimum Gasteiger partial charge on any atom is -0.368 e. The molecule has 0 saturated heterocycles. The molecule has 0 fully saturated rings. The number of nitrogens with two attached hydrogens (primary N) is 1. The first kappa shape index (κ1) is 11.9. The van der Waals surface area contributed by atoms with Gasteiger partial charge >= 0.3 is 0 Å². The molecule has 17 heavy (non-hydrogen) atoms. The van der Waals surface area contributed by atoms with Crippen LogP contribution in [0.3, 0.4) is 0 Å². The molecule has 3 nitrogen and oxygen atoms in total. The lowest BCUT2D eigenvalue weighted by Gasteiger charge is -2.11. The summed E-state index contributed by atoms with van der Waals surface area (Å²) in [5.74, 6) is 0.324. The maximum absolute atomic E-state index is 6.01. The number of benzene rings is 1. The number of hydrogen-bond acceptors (Lipinski definition) is 3. The molecule has 0 saturated carbocycles. The summed E-state index contributed by atoms with van der Waals surface area (Å²) in [5, 5.41) is 0.709. The van der Waals surface area contributed by atoms with E-state index in [0.29, 0.717) is 11.0 Å². The first-order valence-electron chi connectivity index (χ1n) is 5.50. The third-order valence-electron chi connectivity index (χ3n) is 2.63. The molecule has 4 heteroatoms. The second-order valence-corrected chi connectivity index (χ2v) is 4.29. The van der Waals surface area contributed by atoms with E-state index in [4.69, 9.17) is 17.3 Å². The van der Waals surface area contributed by atoms with Gasteiger partial charge in [-0.3, -0.25) is 0 Å². The minimum atomic E-state index is 0.324. The molecule has 0 amide bonds. The number of rotatable bonds is 2. The Labute approximate surface area is 106 Å². The molecule has 1 heterocycles. The van der Waals surface area contributed by atoms with Gasteiger partial charge in [0, 0.05) is 10.6 Å². The fraction of sp³-hybridized carbons (Fsp3) is 0.231.